The van der Waals surface area contributed by atoms with Crippen molar-refractivity contribution in [2.24, 2.45) is 0 Å². The monoisotopic (exact) mass is 285 g/mol. The Hall–Kier alpha value is -2.33. The molecule has 2 heterocycles. The van der Waals surface area contributed by atoms with E-state index in [9.17, 15) is 4.79 Å². The molecule has 0 aliphatic heterocycles. The first kappa shape index (κ1) is 12.7. The minimum absolute atomic E-state index is 0.222. The number of carbonyl (C=O) groups excluding carboxylic acids is 1. The van der Waals surface area contributed by atoms with Gasteiger partial charge in [0.15, 0.2) is 5.69 Å². The molecule has 0 bridgehead atoms. The van der Waals surface area contributed by atoms with E-state index in [1.807, 2.05) is 49.4 Å². The van der Waals surface area contributed by atoms with E-state index in [4.69, 9.17) is 11.6 Å². The molecule has 5 heteroatoms. The van der Waals surface area contributed by atoms with Crippen molar-refractivity contribution in [3.63, 3.8) is 0 Å². The van der Waals surface area contributed by atoms with Crippen LogP contribution in [-0.4, -0.2) is 15.5 Å². The van der Waals surface area contributed by atoms with Gasteiger partial charge >= 0.3 is 0 Å². The second-order valence-corrected chi connectivity index (χ2v) is 4.89. The van der Waals surface area contributed by atoms with Crippen LogP contribution in [0.1, 0.15) is 16.1 Å². The Morgan fingerprint density at radius 3 is 2.85 bits per heavy atom. The van der Waals surface area contributed by atoms with Gasteiger partial charge in [0.1, 0.15) is 0 Å². The first-order valence-corrected chi connectivity index (χ1v) is 6.54. The average Bonchev–Trinajstić information content (AvgIpc) is 2.77. The number of benzene rings is 1. The normalized spacial score (nSPS) is 10.7. The molecule has 0 saturated heterocycles. The second kappa shape index (κ2) is 4.98. The van der Waals surface area contributed by atoms with Crippen LogP contribution in [0.25, 0.3) is 5.52 Å². The number of aromatic nitrogens is 2. The van der Waals surface area contributed by atoms with Gasteiger partial charge in [-0.3, -0.25) is 4.79 Å². The number of amides is 1. The topological polar surface area (TPSA) is 46.4 Å². The molecule has 0 radical (unpaired) electrons. The van der Waals surface area contributed by atoms with E-state index in [0.717, 1.165) is 11.3 Å². The fraction of sp³-hybridized carbons (Fsp3) is 0.0667. The van der Waals surface area contributed by atoms with Crippen molar-refractivity contribution in [3.8, 4) is 0 Å². The highest BCUT2D eigenvalue weighted by Gasteiger charge is 2.17. The van der Waals surface area contributed by atoms with Crippen LogP contribution in [0, 0.1) is 6.92 Å². The molecule has 0 saturated carbocycles. The summed E-state index contributed by atoms with van der Waals surface area (Å²) >= 11 is 6.21. The Balaban J connectivity index is 1.95. The second-order valence-electron chi connectivity index (χ2n) is 4.52. The third-order valence-electron chi connectivity index (χ3n) is 2.97. The van der Waals surface area contributed by atoms with E-state index in [0.29, 0.717) is 10.5 Å². The van der Waals surface area contributed by atoms with Crippen LogP contribution >= 0.6 is 11.6 Å². The number of fused-ring (bicyclic) bond motifs is 1. The minimum atomic E-state index is -0.315. The minimum Gasteiger partial charge on any atom is -0.321 e. The van der Waals surface area contributed by atoms with Crippen molar-refractivity contribution in [3.05, 3.63) is 64.9 Å². The van der Waals surface area contributed by atoms with Gasteiger partial charge < -0.3 is 5.32 Å². The van der Waals surface area contributed by atoms with E-state index >= 15 is 0 Å². The number of halogens is 1. The Bertz CT molecular complexity index is 795. The SMILES string of the molecule is Cc1cccc(NC(=O)c2nn3ccccc3c2Cl)c1. The lowest BCUT2D eigenvalue weighted by Gasteiger charge is -2.04. The summed E-state index contributed by atoms with van der Waals surface area (Å²) in [6.07, 6.45) is 1.75. The zero-order valence-electron chi connectivity index (χ0n) is 10.8. The zero-order chi connectivity index (χ0) is 14.1. The quantitative estimate of drug-likeness (QED) is 0.783. The molecule has 3 aromatic rings. The predicted molar refractivity (Wildman–Crippen MR) is 79.3 cm³/mol. The Kier molecular flexibility index (Phi) is 3.16. The maximum Gasteiger partial charge on any atom is 0.277 e. The van der Waals surface area contributed by atoms with Gasteiger partial charge in [-0.15, -0.1) is 0 Å². The van der Waals surface area contributed by atoms with Gasteiger partial charge in [-0.1, -0.05) is 29.8 Å². The number of hydrogen-bond acceptors (Lipinski definition) is 2. The molecule has 1 aromatic carbocycles. The van der Waals surface area contributed by atoms with Crippen molar-refractivity contribution in [2.75, 3.05) is 5.32 Å². The number of aryl methyl sites for hydroxylation is 1. The number of nitrogens with zero attached hydrogens (tertiary/aromatic N) is 2. The predicted octanol–water partition coefficient (Wildman–Crippen LogP) is 3.55. The molecule has 0 unspecified atom stereocenters. The van der Waals surface area contributed by atoms with Crippen LogP contribution in [-0.2, 0) is 0 Å². The van der Waals surface area contributed by atoms with Crippen molar-refractivity contribution < 1.29 is 4.79 Å². The lowest BCUT2D eigenvalue weighted by atomic mass is 10.2. The number of pyridine rings is 1. The fourth-order valence-corrected chi connectivity index (χ4v) is 2.30. The molecule has 0 aliphatic rings. The number of hydrogen-bond donors (Lipinski definition) is 1. The summed E-state index contributed by atoms with van der Waals surface area (Å²) in [5.41, 5.74) is 2.73. The van der Waals surface area contributed by atoms with Crippen molar-refractivity contribution in [1.29, 1.82) is 0 Å². The molecule has 100 valence electrons. The Morgan fingerprint density at radius 2 is 2.10 bits per heavy atom. The summed E-state index contributed by atoms with van der Waals surface area (Å²) in [6.45, 7) is 1.97. The van der Waals surface area contributed by atoms with E-state index in [-0.39, 0.29) is 11.6 Å². The highest BCUT2D eigenvalue weighted by atomic mass is 35.5. The van der Waals surface area contributed by atoms with Gasteiger partial charge in [0.2, 0.25) is 0 Å². The first-order chi connectivity index (χ1) is 9.65. The van der Waals surface area contributed by atoms with E-state index < -0.39 is 0 Å². The number of anilines is 1. The number of nitrogens with one attached hydrogen (secondary N) is 1. The van der Waals surface area contributed by atoms with Crippen LogP contribution in [0.3, 0.4) is 0 Å². The summed E-state index contributed by atoms with van der Waals surface area (Å²) in [5, 5.41) is 7.36. The van der Waals surface area contributed by atoms with E-state index in [1.54, 1.807) is 10.7 Å². The molecule has 0 atom stereocenters. The average molecular weight is 286 g/mol. The maximum atomic E-state index is 12.2. The van der Waals surface area contributed by atoms with Crippen LogP contribution in [0.4, 0.5) is 5.69 Å². The first-order valence-electron chi connectivity index (χ1n) is 6.16. The van der Waals surface area contributed by atoms with Crippen LogP contribution in [0.5, 0.6) is 0 Å². The number of rotatable bonds is 2. The van der Waals surface area contributed by atoms with Crippen LogP contribution < -0.4 is 5.32 Å². The molecule has 0 spiro atoms. The molecule has 4 nitrogen and oxygen atoms in total. The highest BCUT2D eigenvalue weighted by Crippen LogP contribution is 2.22. The summed E-state index contributed by atoms with van der Waals surface area (Å²) in [5.74, 6) is -0.315. The number of carbonyl (C=O) groups is 1. The summed E-state index contributed by atoms with van der Waals surface area (Å²) in [4.78, 5) is 12.2. The Morgan fingerprint density at radius 1 is 1.25 bits per heavy atom. The zero-order valence-corrected chi connectivity index (χ0v) is 11.6. The standard InChI is InChI=1S/C15H12ClN3O/c1-10-5-4-6-11(9-10)17-15(20)14-13(16)12-7-2-3-8-19(12)18-14/h2-9H,1H3,(H,17,20). The lowest BCUT2D eigenvalue weighted by molar-refractivity contribution is 0.102. The third kappa shape index (κ3) is 2.26. The van der Waals surface area contributed by atoms with E-state index in [2.05, 4.69) is 10.4 Å². The molecule has 3 rings (SSSR count). The summed E-state index contributed by atoms with van der Waals surface area (Å²) in [6, 6.07) is 13.1. The lowest BCUT2D eigenvalue weighted by Crippen LogP contribution is -2.13. The van der Waals surface area contributed by atoms with Gasteiger partial charge in [0, 0.05) is 11.9 Å². The third-order valence-corrected chi connectivity index (χ3v) is 3.34. The molecule has 20 heavy (non-hydrogen) atoms. The van der Waals surface area contributed by atoms with E-state index in [1.165, 1.54) is 0 Å². The molecular formula is C15H12ClN3O. The molecule has 1 N–H and O–H groups in total. The molecule has 0 fully saturated rings. The largest absolute Gasteiger partial charge is 0.321 e. The van der Waals surface area contributed by atoms with Gasteiger partial charge in [0.05, 0.1) is 10.5 Å². The van der Waals surface area contributed by atoms with Gasteiger partial charge in [-0.2, -0.15) is 5.10 Å². The maximum absolute atomic E-state index is 12.2. The molecule has 1 amide bonds. The van der Waals surface area contributed by atoms with Gasteiger partial charge in [0.25, 0.3) is 5.91 Å². The van der Waals surface area contributed by atoms with Crippen molar-refractivity contribution in [1.82, 2.24) is 9.61 Å². The highest BCUT2D eigenvalue weighted by molar-refractivity contribution is 6.37. The molecular weight excluding hydrogens is 274 g/mol. The molecule has 0 aliphatic carbocycles. The van der Waals surface area contributed by atoms with Crippen LogP contribution in [0.15, 0.2) is 48.7 Å². The smallest absolute Gasteiger partial charge is 0.277 e. The molecule has 2 aromatic heterocycles. The summed E-state index contributed by atoms with van der Waals surface area (Å²) < 4.78 is 1.59. The fourth-order valence-electron chi connectivity index (χ4n) is 2.03. The van der Waals surface area contributed by atoms with Gasteiger partial charge in [-0.25, -0.2) is 4.52 Å². The Labute approximate surface area is 121 Å². The van der Waals surface area contributed by atoms with Crippen LogP contribution in [0.2, 0.25) is 5.02 Å². The van der Waals surface area contributed by atoms with Crippen molar-refractivity contribution in [2.45, 2.75) is 6.92 Å². The summed E-state index contributed by atoms with van der Waals surface area (Å²) in [7, 11) is 0. The van der Waals surface area contributed by atoms with Crippen molar-refractivity contribution >= 4 is 28.7 Å². The van der Waals surface area contributed by atoms with Gasteiger partial charge in [-0.05, 0) is 36.8 Å².